The summed E-state index contributed by atoms with van der Waals surface area (Å²) in [6.45, 7) is 4.13. The van der Waals surface area contributed by atoms with E-state index in [1.54, 1.807) is 13.8 Å². The Morgan fingerprint density at radius 2 is 1.39 bits per heavy atom. The largest absolute Gasteiger partial charge is 0.481 e. The van der Waals surface area contributed by atoms with Gasteiger partial charge in [-0.3, -0.25) is 24.0 Å². The number of Topliss-reactive ketones (excluding diaryl/α,β-unsaturated/α-hetero) is 3. The number of carboxylic acid groups (broad SMARTS) is 1. The molecule has 0 aromatic carbocycles. The summed E-state index contributed by atoms with van der Waals surface area (Å²) in [6, 6.07) is 0. The van der Waals surface area contributed by atoms with Gasteiger partial charge in [0.15, 0.2) is 15.6 Å². The Morgan fingerprint density at radius 1 is 0.804 bits per heavy atom. The average Bonchev–Trinajstić information content (AvgIpc) is 3.57. The number of carbonyl (C=O) groups is 5. The lowest BCUT2D eigenvalue weighted by molar-refractivity contribution is -0.139. The summed E-state index contributed by atoms with van der Waals surface area (Å²) >= 11 is 0. The Labute approximate surface area is 308 Å². The summed E-state index contributed by atoms with van der Waals surface area (Å²) in [6.07, 6.45) is 17.4. The molecule has 0 fully saturated rings. The zero-order chi connectivity index (χ0) is 38.0. The van der Waals surface area contributed by atoms with Gasteiger partial charge in [-0.1, -0.05) is 77.0 Å². The molecule has 0 radical (unpaired) electrons. The second-order valence-corrected chi connectivity index (χ2v) is 16.8. The third kappa shape index (κ3) is 25.7. The summed E-state index contributed by atoms with van der Waals surface area (Å²) in [4.78, 5) is 60.2. The van der Waals surface area contributed by atoms with Gasteiger partial charge in [0.2, 0.25) is 5.91 Å². The molecule has 1 heterocycles. The molecule has 296 valence electrons. The summed E-state index contributed by atoms with van der Waals surface area (Å²) in [5.74, 6) is -3.54. The smallest absolute Gasteiger partial charge is 0.303 e. The fourth-order valence-corrected chi connectivity index (χ4v) is 7.30. The van der Waals surface area contributed by atoms with Gasteiger partial charge < -0.3 is 16.2 Å². The van der Waals surface area contributed by atoms with Crippen LogP contribution in [0.5, 0.6) is 0 Å². The van der Waals surface area contributed by atoms with Gasteiger partial charge in [-0.05, 0) is 57.6 Å². The maximum absolute atomic E-state index is 12.5. The molecule has 1 rings (SSSR count). The lowest BCUT2D eigenvalue weighted by atomic mass is 9.85. The van der Waals surface area contributed by atoms with Crippen molar-refractivity contribution >= 4 is 44.8 Å². The van der Waals surface area contributed by atoms with E-state index in [1.807, 2.05) is 0 Å². The van der Waals surface area contributed by atoms with Crippen molar-refractivity contribution < 1.29 is 40.4 Å². The number of nitrogens with two attached hydrogens (primary N) is 1. The molecule has 0 saturated heterocycles. The molecule has 1 aliphatic rings. The van der Waals surface area contributed by atoms with Gasteiger partial charge in [0.25, 0.3) is 0 Å². The van der Waals surface area contributed by atoms with Crippen LogP contribution >= 0.6 is 0 Å². The Morgan fingerprint density at radius 3 is 1.94 bits per heavy atom. The zero-order valence-corrected chi connectivity index (χ0v) is 32.1. The molecule has 0 aromatic rings. The van der Waals surface area contributed by atoms with Crippen molar-refractivity contribution in [3.8, 4) is 0 Å². The van der Waals surface area contributed by atoms with E-state index in [-0.39, 0.29) is 70.4 Å². The number of nitrogens with one attached hydrogen (secondary N) is 1. The van der Waals surface area contributed by atoms with Crippen molar-refractivity contribution in [2.24, 2.45) is 27.1 Å². The number of carbonyl (C=O) groups excluding carboxylic acids is 4. The minimum atomic E-state index is -3.57. The number of hydrogen-bond donors (Lipinski definition) is 3. The first-order valence-corrected chi connectivity index (χ1v) is 21.0. The molecular weight excluding hydrogens is 675 g/mol. The average molecular weight is 744 g/mol. The number of sulfone groups is 1. The van der Waals surface area contributed by atoms with Crippen molar-refractivity contribution in [3.63, 3.8) is 0 Å². The third-order valence-corrected chi connectivity index (χ3v) is 10.8. The second kappa shape index (κ2) is 26.8. The standard InChI is InChI=1S/C37H65N5O8S.2H2/c1-37(2,38)34(45)27-30(33(44)23-24-36(47)48)19-16-17-25-39-35(46)22-18-26-51(49,50)29-32(43)21-15-13-11-9-7-5-3-4-6-8-10-12-14-20-31-28-40-42-41-31;;/h30H,3-29,38H2,1-2H3,(H,39,46)(H,47,48);2*1H/t30-;;/m0../s1. The van der Waals surface area contributed by atoms with Gasteiger partial charge in [0, 0.05) is 41.0 Å². The van der Waals surface area contributed by atoms with Crippen LogP contribution in [-0.2, 0) is 33.8 Å². The van der Waals surface area contributed by atoms with Crippen molar-refractivity contribution in [2.75, 3.05) is 24.6 Å². The van der Waals surface area contributed by atoms with Gasteiger partial charge in [-0.2, -0.15) is 5.11 Å². The first-order valence-electron chi connectivity index (χ1n) is 19.2. The summed E-state index contributed by atoms with van der Waals surface area (Å²) in [5.41, 5.74) is 5.87. The molecule has 1 atom stereocenters. The topological polar surface area (TPSA) is 215 Å². The third-order valence-electron chi connectivity index (χ3n) is 9.16. The number of amides is 1. The van der Waals surface area contributed by atoms with E-state index in [9.17, 15) is 32.4 Å². The van der Waals surface area contributed by atoms with Crippen LogP contribution in [0.1, 0.15) is 164 Å². The van der Waals surface area contributed by atoms with E-state index in [0.717, 1.165) is 31.4 Å². The van der Waals surface area contributed by atoms with Crippen molar-refractivity contribution in [3.05, 3.63) is 0 Å². The number of ketones is 3. The molecular formula is C37H69N5O8S. The van der Waals surface area contributed by atoms with Gasteiger partial charge >= 0.3 is 5.97 Å². The summed E-state index contributed by atoms with van der Waals surface area (Å²) in [7, 11) is -3.57. The summed E-state index contributed by atoms with van der Waals surface area (Å²) in [5, 5.41) is 23.1. The number of hydrogen-bond acceptors (Lipinski definition) is 11. The lowest BCUT2D eigenvalue weighted by Crippen LogP contribution is -2.43. The van der Waals surface area contributed by atoms with Crippen molar-refractivity contribution in [2.45, 2.75) is 167 Å². The Kier molecular flexibility index (Phi) is 24.3. The van der Waals surface area contributed by atoms with E-state index < -0.39 is 33.0 Å². The monoisotopic (exact) mass is 743 g/mol. The highest BCUT2D eigenvalue weighted by Crippen LogP contribution is 2.20. The van der Waals surface area contributed by atoms with Gasteiger partial charge in [0.1, 0.15) is 23.9 Å². The molecule has 0 spiro atoms. The van der Waals surface area contributed by atoms with Crippen LogP contribution in [0.3, 0.4) is 0 Å². The van der Waals surface area contributed by atoms with Crippen LogP contribution in [0.15, 0.2) is 15.4 Å². The van der Waals surface area contributed by atoms with Gasteiger partial charge in [0.05, 0.1) is 23.4 Å². The first kappa shape index (κ1) is 46.2. The van der Waals surface area contributed by atoms with E-state index in [0.29, 0.717) is 38.8 Å². The number of rotatable bonds is 34. The maximum Gasteiger partial charge on any atom is 0.303 e. The Hall–Kier alpha value is -2.87. The molecule has 14 heteroatoms. The highest BCUT2D eigenvalue weighted by Gasteiger charge is 2.28. The quantitative estimate of drug-likeness (QED) is 0.0581. The predicted octanol–water partition coefficient (Wildman–Crippen LogP) is 6.95. The highest BCUT2D eigenvalue weighted by molar-refractivity contribution is 7.92. The fraction of sp³-hybridized carbons (Fsp3) is 0.838. The van der Waals surface area contributed by atoms with Crippen LogP contribution in [0, 0.1) is 5.92 Å². The molecule has 1 aliphatic heterocycles. The minimum Gasteiger partial charge on any atom is -0.481 e. The van der Waals surface area contributed by atoms with E-state index >= 15 is 0 Å². The summed E-state index contributed by atoms with van der Waals surface area (Å²) < 4.78 is 24.8. The number of aliphatic carboxylic acids is 1. The zero-order valence-electron chi connectivity index (χ0n) is 31.3. The minimum absolute atomic E-state index is 0. The molecule has 51 heavy (non-hydrogen) atoms. The lowest BCUT2D eigenvalue weighted by Gasteiger charge is -2.21. The molecule has 4 N–H and O–H groups in total. The van der Waals surface area contributed by atoms with E-state index in [2.05, 4.69) is 20.8 Å². The van der Waals surface area contributed by atoms with E-state index in [1.165, 1.54) is 57.8 Å². The van der Waals surface area contributed by atoms with Gasteiger partial charge in [-0.15, -0.1) is 5.10 Å². The van der Waals surface area contributed by atoms with Crippen LogP contribution < -0.4 is 11.1 Å². The molecule has 1 amide bonds. The molecule has 0 unspecified atom stereocenters. The molecule has 13 nitrogen and oxygen atoms in total. The number of unbranched alkanes of at least 4 members (excludes halogenated alkanes) is 13. The second-order valence-electron chi connectivity index (χ2n) is 14.6. The van der Waals surface area contributed by atoms with Gasteiger partial charge in [-0.25, -0.2) is 8.42 Å². The molecule has 0 aromatic heterocycles. The molecule has 0 aliphatic carbocycles. The van der Waals surface area contributed by atoms with Crippen LogP contribution in [0.25, 0.3) is 0 Å². The van der Waals surface area contributed by atoms with Crippen LogP contribution in [0.2, 0.25) is 0 Å². The maximum atomic E-state index is 12.5. The van der Waals surface area contributed by atoms with Crippen molar-refractivity contribution in [1.82, 2.24) is 5.32 Å². The predicted molar refractivity (Wildman–Crippen MR) is 204 cm³/mol. The SMILES string of the molecule is CC(C)(N)C(=O)C[C@H](CCCCNC(=O)CCCS(=O)(=O)CC(=O)CCCCCCCCCCCCCCCC1=NN=NC1)C(=O)CCC(=O)O.[HH].[HH]. The number of carboxylic acids is 1. The molecule has 0 bridgehead atoms. The first-order chi connectivity index (χ1) is 24.2. The van der Waals surface area contributed by atoms with Crippen LogP contribution in [0.4, 0.5) is 0 Å². The highest BCUT2D eigenvalue weighted by atomic mass is 32.2. The molecule has 0 saturated carbocycles. The normalized spacial score (nSPS) is 13.6. The van der Waals surface area contributed by atoms with Crippen LogP contribution in [-0.4, -0.2) is 78.6 Å². The Bertz CT molecular complexity index is 1260. The number of nitrogens with zero attached hydrogens (tertiary/aromatic N) is 3. The Balaban J connectivity index is 0. The van der Waals surface area contributed by atoms with E-state index in [4.69, 9.17) is 10.8 Å². The van der Waals surface area contributed by atoms with Crippen molar-refractivity contribution in [1.29, 1.82) is 0 Å². The fourth-order valence-electron chi connectivity index (χ4n) is 5.94.